The number of anilines is 1. The monoisotopic (exact) mass is 543 g/mol. The highest BCUT2D eigenvalue weighted by Crippen LogP contribution is 2.37. The minimum atomic E-state index is -0.536. The third-order valence-electron chi connectivity index (χ3n) is 4.64. The fourth-order valence-corrected chi connectivity index (χ4v) is 3.69. The molecule has 0 aromatic heterocycles. The van der Waals surface area contributed by atoms with Gasteiger partial charge in [0.25, 0.3) is 0 Å². The minimum Gasteiger partial charge on any atom is -0.493 e. The number of nitrogens with one attached hydrogen (secondary N) is 2. The van der Waals surface area contributed by atoms with Gasteiger partial charge in [-0.05, 0) is 58.7 Å². The molecular formula is C25H23BrClN3O4. The van der Waals surface area contributed by atoms with E-state index in [1.54, 1.807) is 30.3 Å². The van der Waals surface area contributed by atoms with Gasteiger partial charge in [0, 0.05) is 16.3 Å². The number of hydrogen-bond donors (Lipinski definition) is 2. The van der Waals surface area contributed by atoms with Crippen molar-refractivity contribution in [2.75, 3.05) is 12.4 Å². The molecule has 0 saturated carbocycles. The molecule has 0 radical (unpaired) electrons. The van der Waals surface area contributed by atoms with Crippen molar-refractivity contribution in [3.8, 4) is 11.5 Å². The first-order valence-electron chi connectivity index (χ1n) is 10.3. The lowest BCUT2D eigenvalue weighted by Gasteiger charge is -2.14. The van der Waals surface area contributed by atoms with E-state index in [1.807, 2.05) is 37.3 Å². The van der Waals surface area contributed by atoms with E-state index >= 15 is 0 Å². The quantitative estimate of drug-likeness (QED) is 0.212. The van der Waals surface area contributed by atoms with Gasteiger partial charge in [-0.2, -0.15) is 5.10 Å². The molecule has 0 aliphatic rings. The molecule has 34 heavy (non-hydrogen) atoms. The van der Waals surface area contributed by atoms with Crippen LogP contribution >= 0.6 is 27.5 Å². The van der Waals surface area contributed by atoms with Gasteiger partial charge >= 0.3 is 0 Å². The number of hydrogen-bond acceptors (Lipinski definition) is 5. The summed E-state index contributed by atoms with van der Waals surface area (Å²) in [6.07, 6.45) is 1.09. The maximum absolute atomic E-state index is 12.0. The Kier molecular flexibility index (Phi) is 9.07. The van der Waals surface area contributed by atoms with E-state index in [9.17, 15) is 9.59 Å². The number of carbonyl (C=O) groups excluding carboxylic acids is 2. The van der Waals surface area contributed by atoms with Gasteiger partial charge in [-0.1, -0.05) is 47.5 Å². The molecule has 0 spiro atoms. The van der Waals surface area contributed by atoms with Crippen LogP contribution in [-0.2, 0) is 16.2 Å². The Hall–Kier alpha value is -3.36. The number of aryl methyl sites for hydroxylation is 1. The zero-order valence-electron chi connectivity index (χ0n) is 18.6. The number of carbonyl (C=O) groups is 2. The number of amides is 2. The van der Waals surface area contributed by atoms with Crippen LogP contribution in [-0.4, -0.2) is 25.1 Å². The molecule has 0 aliphatic carbocycles. The van der Waals surface area contributed by atoms with Crippen LogP contribution in [0.1, 0.15) is 23.1 Å². The van der Waals surface area contributed by atoms with E-state index in [-0.39, 0.29) is 13.0 Å². The van der Waals surface area contributed by atoms with Crippen molar-refractivity contribution in [2.45, 2.75) is 20.0 Å². The first kappa shape index (κ1) is 25.3. The van der Waals surface area contributed by atoms with E-state index in [4.69, 9.17) is 21.1 Å². The summed E-state index contributed by atoms with van der Waals surface area (Å²) in [6.45, 7) is 2.22. The molecule has 2 amide bonds. The fraction of sp³-hybridized carbons (Fsp3) is 0.160. The molecule has 0 unspecified atom stereocenters. The highest BCUT2D eigenvalue weighted by atomic mass is 79.9. The molecule has 7 nitrogen and oxygen atoms in total. The summed E-state index contributed by atoms with van der Waals surface area (Å²) in [7, 11) is 1.53. The maximum Gasteiger partial charge on any atom is 0.249 e. The van der Waals surface area contributed by atoms with Crippen molar-refractivity contribution in [1.82, 2.24) is 5.43 Å². The smallest absolute Gasteiger partial charge is 0.249 e. The number of halogens is 2. The lowest BCUT2D eigenvalue weighted by atomic mass is 10.2. The second-order valence-electron chi connectivity index (χ2n) is 7.30. The largest absolute Gasteiger partial charge is 0.493 e. The maximum atomic E-state index is 12.0. The van der Waals surface area contributed by atoms with Gasteiger partial charge in [-0.25, -0.2) is 5.43 Å². The van der Waals surface area contributed by atoms with Crippen LogP contribution in [0.2, 0.25) is 5.02 Å². The molecule has 3 rings (SSSR count). The van der Waals surface area contributed by atoms with E-state index in [2.05, 4.69) is 31.8 Å². The number of rotatable bonds is 9. The van der Waals surface area contributed by atoms with Gasteiger partial charge in [0.05, 0.1) is 17.8 Å². The molecule has 0 heterocycles. The number of methoxy groups -OCH3 is 1. The van der Waals surface area contributed by atoms with E-state index in [0.29, 0.717) is 32.2 Å². The zero-order valence-corrected chi connectivity index (χ0v) is 20.9. The van der Waals surface area contributed by atoms with Gasteiger partial charge in [0.2, 0.25) is 11.8 Å². The van der Waals surface area contributed by atoms with Gasteiger partial charge in [0.15, 0.2) is 11.5 Å². The normalized spacial score (nSPS) is 10.7. The summed E-state index contributed by atoms with van der Waals surface area (Å²) in [5, 5.41) is 7.21. The Bertz CT molecular complexity index is 1200. The summed E-state index contributed by atoms with van der Waals surface area (Å²) in [4.78, 5) is 24.1. The predicted molar refractivity (Wildman–Crippen MR) is 137 cm³/mol. The lowest BCUT2D eigenvalue weighted by Crippen LogP contribution is -2.24. The molecule has 3 aromatic rings. The second kappa shape index (κ2) is 12.2. The van der Waals surface area contributed by atoms with Crippen molar-refractivity contribution in [1.29, 1.82) is 0 Å². The summed E-state index contributed by atoms with van der Waals surface area (Å²) < 4.78 is 12.0. The molecule has 176 valence electrons. The second-order valence-corrected chi connectivity index (χ2v) is 8.56. The molecular weight excluding hydrogens is 522 g/mol. The minimum absolute atomic E-state index is 0.267. The van der Waals surface area contributed by atoms with E-state index in [0.717, 1.165) is 11.1 Å². The van der Waals surface area contributed by atoms with Gasteiger partial charge in [-0.3, -0.25) is 9.59 Å². The third kappa shape index (κ3) is 7.33. The molecule has 0 atom stereocenters. The Morgan fingerprint density at radius 2 is 1.82 bits per heavy atom. The molecule has 0 aliphatic heterocycles. The van der Waals surface area contributed by atoms with Crippen molar-refractivity contribution < 1.29 is 19.1 Å². The standard InChI is InChI=1S/C25H23BrClN3O4/c1-16-7-9-19(10-8-16)29-23(31)13-24(32)30-28-14-17-11-20(26)25(22(12-17)33-2)34-15-18-5-3-4-6-21(18)27/h3-12,14H,13,15H2,1-2H3,(H,29,31)(H,30,32). The fourth-order valence-electron chi connectivity index (χ4n) is 2.93. The molecule has 0 saturated heterocycles. The van der Waals surface area contributed by atoms with Crippen LogP contribution in [0.4, 0.5) is 5.69 Å². The average molecular weight is 545 g/mol. The molecule has 3 aromatic carbocycles. The Labute approximate surface area is 211 Å². The highest BCUT2D eigenvalue weighted by Gasteiger charge is 2.13. The SMILES string of the molecule is COc1cc(C=NNC(=O)CC(=O)Nc2ccc(C)cc2)cc(Br)c1OCc1ccccc1Cl. The molecule has 9 heteroatoms. The summed E-state index contributed by atoms with van der Waals surface area (Å²) in [6, 6.07) is 18.2. The summed E-state index contributed by atoms with van der Waals surface area (Å²) in [5.41, 5.74) is 5.55. The van der Waals surface area contributed by atoms with Crippen LogP contribution in [0.25, 0.3) is 0 Å². The van der Waals surface area contributed by atoms with Crippen LogP contribution in [0.5, 0.6) is 11.5 Å². The van der Waals surface area contributed by atoms with Crippen LogP contribution in [0, 0.1) is 6.92 Å². The Morgan fingerprint density at radius 3 is 2.53 bits per heavy atom. The van der Waals surface area contributed by atoms with Crippen molar-refractivity contribution in [2.24, 2.45) is 5.10 Å². The van der Waals surface area contributed by atoms with Gasteiger partial charge < -0.3 is 14.8 Å². The van der Waals surface area contributed by atoms with Crippen LogP contribution in [0.15, 0.2) is 70.2 Å². The predicted octanol–water partition coefficient (Wildman–Crippen LogP) is 5.48. The van der Waals surface area contributed by atoms with E-state index in [1.165, 1.54) is 13.3 Å². The molecule has 0 bridgehead atoms. The number of benzene rings is 3. The van der Waals surface area contributed by atoms with Crippen molar-refractivity contribution in [3.05, 3.63) is 86.8 Å². The van der Waals surface area contributed by atoms with Crippen molar-refractivity contribution in [3.63, 3.8) is 0 Å². The van der Waals surface area contributed by atoms with Crippen LogP contribution in [0.3, 0.4) is 0 Å². The van der Waals surface area contributed by atoms with Crippen molar-refractivity contribution >= 4 is 51.2 Å². The lowest BCUT2D eigenvalue weighted by molar-refractivity contribution is -0.126. The Morgan fingerprint density at radius 1 is 1.09 bits per heavy atom. The highest BCUT2D eigenvalue weighted by molar-refractivity contribution is 9.10. The zero-order chi connectivity index (χ0) is 24.5. The molecule has 2 N–H and O–H groups in total. The first-order chi connectivity index (χ1) is 16.4. The topological polar surface area (TPSA) is 89.0 Å². The third-order valence-corrected chi connectivity index (χ3v) is 5.60. The van der Waals surface area contributed by atoms with Gasteiger partial charge in [0.1, 0.15) is 13.0 Å². The first-order valence-corrected chi connectivity index (χ1v) is 11.4. The average Bonchev–Trinajstić information content (AvgIpc) is 2.80. The van der Waals surface area contributed by atoms with Crippen LogP contribution < -0.4 is 20.2 Å². The van der Waals surface area contributed by atoms with Gasteiger partial charge in [-0.15, -0.1) is 0 Å². The number of nitrogens with zero attached hydrogens (tertiary/aromatic N) is 1. The Balaban J connectivity index is 1.57. The molecule has 0 fully saturated rings. The summed E-state index contributed by atoms with van der Waals surface area (Å²) >= 11 is 9.67. The summed E-state index contributed by atoms with van der Waals surface area (Å²) in [5.74, 6) is 0.0237. The van der Waals surface area contributed by atoms with E-state index < -0.39 is 11.8 Å². The number of ether oxygens (including phenoxy) is 2. The number of hydrazone groups is 1.